The van der Waals surface area contributed by atoms with Gasteiger partial charge in [0, 0.05) is 26.2 Å². The maximum absolute atomic E-state index is 13.7. The fourth-order valence-electron chi connectivity index (χ4n) is 9.05. The highest BCUT2D eigenvalue weighted by molar-refractivity contribution is 5.94. The van der Waals surface area contributed by atoms with Crippen LogP contribution in [0.25, 0.3) is 0 Å². The first-order chi connectivity index (χ1) is 16.9. The zero-order chi connectivity index (χ0) is 26.4. The van der Waals surface area contributed by atoms with Crippen molar-refractivity contribution in [1.29, 1.82) is 0 Å². The van der Waals surface area contributed by atoms with Crippen LogP contribution in [0.15, 0.2) is 11.6 Å². The normalized spacial score (nSPS) is 39.4. The first-order valence-corrected chi connectivity index (χ1v) is 14.5. The van der Waals surface area contributed by atoms with Gasteiger partial charge in [0.1, 0.15) is 12.2 Å². The highest BCUT2D eigenvalue weighted by Crippen LogP contribution is 2.66. The van der Waals surface area contributed by atoms with Crippen LogP contribution < -0.4 is 0 Å². The van der Waals surface area contributed by atoms with Crippen LogP contribution in [0.4, 0.5) is 0 Å². The van der Waals surface area contributed by atoms with E-state index in [9.17, 15) is 14.4 Å². The van der Waals surface area contributed by atoms with Gasteiger partial charge in [-0.25, -0.2) is 0 Å². The number of hydrogen-bond donors (Lipinski definition) is 0. The number of ether oxygens (including phenoxy) is 2. The molecule has 9 atom stereocenters. The van der Waals surface area contributed by atoms with E-state index in [0.29, 0.717) is 41.8 Å². The lowest BCUT2D eigenvalue weighted by Crippen LogP contribution is -2.53. The average Bonchev–Trinajstić information content (AvgIpc) is 3.14. The summed E-state index contributed by atoms with van der Waals surface area (Å²) in [5.41, 5.74) is 1.47. The van der Waals surface area contributed by atoms with Gasteiger partial charge in [-0.2, -0.15) is 0 Å². The molecule has 0 aromatic rings. The molecule has 0 spiro atoms. The fraction of sp³-hybridized carbons (Fsp3) is 0.839. The third-order valence-electron chi connectivity index (χ3n) is 11.0. The third-order valence-corrected chi connectivity index (χ3v) is 11.0. The Labute approximate surface area is 218 Å². The standard InChI is InChI=1S/C31H48O5/c1-18(2)28(36-21(5)33)11-8-19(3)24-9-10-25-29-26(13-15-31(24,25)7)30(6)14-12-23(35-20(4)32)16-22(30)17-27(29)34/h17-19,23-26,28-29H,8-16H2,1-7H3/t19-,23+,24+,25-,26-,28-,29-,30+,31-/m1/s1. The van der Waals surface area contributed by atoms with E-state index < -0.39 is 0 Å². The van der Waals surface area contributed by atoms with Crippen molar-refractivity contribution in [3.05, 3.63) is 11.6 Å². The summed E-state index contributed by atoms with van der Waals surface area (Å²) >= 11 is 0. The molecule has 4 aliphatic rings. The smallest absolute Gasteiger partial charge is 0.302 e. The molecule has 0 amide bonds. The Hall–Kier alpha value is -1.65. The van der Waals surface area contributed by atoms with Crippen molar-refractivity contribution in [2.75, 3.05) is 0 Å². The van der Waals surface area contributed by atoms with Crippen LogP contribution in [0.5, 0.6) is 0 Å². The van der Waals surface area contributed by atoms with Gasteiger partial charge in [-0.3, -0.25) is 14.4 Å². The summed E-state index contributed by atoms with van der Waals surface area (Å²) in [6.45, 7) is 14.5. The molecule has 0 aromatic heterocycles. The molecule has 0 N–H and O–H groups in total. The lowest BCUT2D eigenvalue weighted by molar-refractivity contribution is -0.150. The summed E-state index contributed by atoms with van der Waals surface area (Å²) in [7, 11) is 0. The van der Waals surface area contributed by atoms with Crippen molar-refractivity contribution in [2.24, 2.45) is 46.3 Å². The van der Waals surface area contributed by atoms with E-state index in [0.717, 1.165) is 38.5 Å². The van der Waals surface area contributed by atoms with Crippen LogP contribution in [0.2, 0.25) is 0 Å². The molecule has 3 saturated carbocycles. The van der Waals surface area contributed by atoms with E-state index in [2.05, 4.69) is 34.6 Å². The zero-order valence-corrected chi connectivity index (χ0v) is 23.6. The van der Waals surface area contributed by atoms with Crippen molar-refractivity contribution >= 4 is 17.7 Å². The van der Waals surface area contributed by atoms with E-state index in [1.165, 1.54) is 32.3 Å². The molecule has 36 heavy (non-hydrogen) atoms. The molecule has 0 aliphatic heterocycles. The minimum absolute atomic E-state index is 0.0174. The maximum Gasteiger partial charge on any atom is 0.302 e. The predicted octanol–water partition coefficient (Wildman–Crippen LogP) is 6.68. The molecule has 5 heteroatoms. The number of fused-ring (bicyclic) bond motifs is 5. The average molecular weight is 501 g/mol. The van der Waals surface area contributed by atoms with Crippen molar-refractivity contribution in [2.45, 2.75) is 118 Å². The van der Waals surface area contributed by atoms with Crippen LogP contribution in [0, 0.1) is 46.3 Å². The van der Waals surface area contributed by atoms with Gasteiger partial charge in [-0.15, -0.1) is 0 Å². The topological polar surface area (TPSA) is 69.7 Å². The molecule has 4 aliphatic carbocycles. The molecule has 4 rings (SSSR count). The Morgan fingerprint density at radius 1 is 0.972 bits per heavy atom. The number of rotatable bonds is 7. The predicted molar refractivity (Wildman–Crippen MR) is 140 cm³/mol. The fourth-order valence-corrected chi connectivity index (χ4v) is 9.05. The minimum atomic E-state index is -0.226. The summed E-state index contributed by atoms with van der Waals surface area (Å²) in [6, 6.07) is 0. The van der Waals surface area contributed by atoms with Crippen LogP contribution >= 0.6 is 0 Å². The van der Waals surface area contributed by atoms with E-state index >= 15 is 0 Å². The van der Waals surface area contributed by atoms with Crippen molar-refractivity contribution < 1.29 is 23.9 Å². The zero-order valence-electron chi connectivity index (χ0n) is 23.6. The number of carbonyl (C=O) groups excluding carboxylic acids is 3. The number of esters is 2. The lowest BCUT2D eigenvalue weighted by Gasteiger charge is -2.57. The molecule has 0 unspecified atom stereocenters. The molecule has 3 fully saturated rings. The SMILES string of the molecule is CC(=O)O[C@H]1CC[C@@]2(C)C(=CC(=O)[C@@H]3[C@H]4CC[C@@H]([C@H](C)CC[C@@H](OC(C)=O)C(C)C)[C@@]4(C)CC[C@H]32)C1. The monoisotopic (exact) mass is 500 g/mol. The lowest BCUT2D eigenvalue weighted by atomic mass is 9.46. The Balaban J connectivity index is 1.49. The van der Waals surface area contributed by atoms with Crippen LogP contribution in [-0.4, -0.2) is 29.9 Å². The van der Waals surface area contributed by atoms with Gasteiger partial charge in [0.25, 0.3) is 0 Å². The maximum atomic E-state index is 13.7. The van der Waals surface area contributed by atoms with Crippen LogP contribution in [0.1, 0.15) is 106 Å². The summed E-state index contributed by atoms with van der Waals surface area (Å²) in [6.07, 6.45) is 11.1. The summed E-state index contributed by atoms with van der Waals surface area (Å²) in [5, 5.41) is 0. The molecule has 0 heterocycles. The highest BCUT2D eigenvalue weighted by atomic mass is 16.5. The second-order valence-electron chi connectivity index (χ2n) is 13.4. The van der Waals surface area contributed by atoms with Gasteiger partial charge in [-0.1, -0.05) is 40.2 Å². The second-order valence-corrected chi connectivity index (χ2v) is 13.4. The molecule has 0 bridgehead atoms. The van der Waals surface area contributed by atoms with Gasteiger partial charge >= 0.3 is 11.9 Å². The second kappa shape index (κ2) is 10.3. The van der Waals surface area contributed by atoms with E-state index in [-0.39, 0.29) is 40.9 Å². The Bertz CT molecular complexity index is 905. The number of hydrogen-bond acceptors (Lipinski definition) is 5. The molecule has 0 radical (unpaired) electrons. The van der Waals surface area contributed by atoms with Crippen molar-refractivity contribution in [3.8, 4) is 0 Å². The Kier molecular flexibility index (Phi) is 7.80. The molecule has 0 saturated heterocycles. The number of allylic oxidation sites excluding steroid dienone is 1. The first-order valence-electron chi connectivity index (χ1n) is 14.5. The van der Waals surface area contributed by atoms with E-state index in [1.807, 2.05) is 6.08 Å². The van der Waals surface area contributed by atoms with Crippen molar-refractivity contribution in [1.82, 2.24) is 0 Å². The Morgan fingerprint density at radius 3 is 2.33 bits per heavy atom. The highest BCUT2D eigenvalue weighted by Gasteiger charge is 2.61. The molecule has 0 aromatic carbocycles. The largest absolute Gasteiger partial charge is 0.462 e. The summed E-state index contributed by atoms with van der Waals surface area (Å²) < 4.78 is 11.2. The van der Waals surface area contributed by atoms with E-state index in [1.54, 1.807) is 0 Å². The van der Waals surface area contributed by atoms with Crippen LogP contribution in [-0.2, 0) is 23.9 Å². The van der Waals surface area contributed by atoms with Gasteiger partial charge in [0.2, 0.25) is 0 Å². The molecular weight excluding hydrogens is 452 g/mol. The first kappa shape index (κ1) is 27.4. The quantitative estimate of drug-likeness (QED) is 0.365. The van der Waals surface area contributed by atoms with Crippen LogP contribution in [0.3, 0.4) is 0 Å². The summed E-state index contributed by atoms with van der Waals surface area (Å²) in [5.74, 6) is 2.38. The Morgan fingerprint density at radius 2 is 1.69 bits per heavy atom. The van der Waals surface area contributed by atoms with Gasteiger partial charge in [0.15, 0.2) is 5.78 Å². The van der Waals surface area contributed by atoms with Gasteiger partial charge in [-0.05, 0) is 97.9 Å². The number of carbonyl (C=O) groups is 3. The molecule has 202 valence electrons. The van der Waals surface area contributed by atoms with Crippen molar-refractivity contribution in [3.63, 3.8) is 0 Å². The molecule has 5 nitrogen and oxygen atoms in total. The van der Waals surface area contributed by atoms with Gasteiger partial charge in [0.05, 0.1) is 0 Å². The molecular formula is C31H48O5. The van der Waals surface area contributed by atoms with Gasteiger partial charge < -0.3 is 9.47 Å². The number of ketones is 1. The van der Waals surface area contributed by atoms with E-state index in [4.69, 9.17) is 9.47 Å². The minimum Gasteiger partial charge on any atom is -0.462 e. The third kappa shape index (κ3) is 4.92. The summed E-state index contributed by atoms with van der Waals surface area (Å²) in [4.78, 5) is 36.8.